The number of fused-ring (bicyclic) bond motifs is 1. The number of ether oxygens (including phenoxy) is 1. The number of likely N-dealkylation sites (tertiary alicyclic amines) is 1. The van der Waals surface area contributed by atoms with E-state index in [1.807, 2.05) is 12.1 Å². The second kappa shape index (κ2) is 13.4. The van der Waals surface area contributed by atoms with Crippen LogP contribution in [-0.2, 0) is 25.7 Å². The quantitative estimate of drug-likeness (QED) is 0.303. The molecule has 0 spiro atoms. The first-order valence-corrected chi connectivity index (χ1v) is 15.1. The summed E-state index contributed by atoms with van der Waals surface area (Å²) in [5, 5.41) is 13.7. The summed E-state index contributed by atoms with van der Waals surface area (Å²) in [7, 11) is 1.74. The minimum Gasteiger partial charge on any atom is -0.508 e. The van der Waals surface area contributed by atoms with Crippen LogP contribution in [0.2, 0.25) is 0 Å². The van der Waals surface area contributed by atoms with Crippen LogP contribution < -0.4 is 10.1 Å². The number of methoxy groups -OCH3 is 1. The Morgan fingerprint density at radius 3 is 2.41 bits per heavy atom. The molecule has 4 nitrogen and oxygen atoms in total. The van der Waals surface area contributed by atoms with Gasteiger partial charge in [-0.25, -0.2) is 0 Å². The predicted octanol–water partition coefficient (Wildman–Crippen LogP) is 7.53. The zero-order valence-corrected chi connectivity index (χ0v) is 23.9. The number of nitrogens with zero attached hydrogens (tertiary/aromatic N) is 1. The van der Waals surface area contributed by atoms with E-state index in [1.165, 1.54) is 85.2 Å². The summed E-state index contributed by atoms with van der Waals surface area (Å²) in [5.74, 6) is 1.71. The zero-order chi connectivity index (χ0) is 27.0. The summed E-state index contributed by atoms with van der Waals surface area (Å²) in [5.41, 5.74) is 8.00. The Bertz CT molecular complexity index is 1200. The number of hydrogen-bond acceptors (Lipinski definition) is 4. The number of nitrogens with one attached hydrogen (secondary N) is 1. The molecule has 1 aliphatic carbocycles. The first-order valence-electron chi connectivity index (χ1n) is 15.1. The Hall–Kier alpha value is -2.98. The molecule has 0 saturated carbocycles. The van der Waals surface area contributed by atoms with Gasteiger partial charge in [0, 0.05) is 24.3 Å². The average molecular weight is 527 g/mol. The molecule has 2 unspecified atom stereocenters. The number of phenols is 1. The molecule has 1 fully saturated rings. The molecule has 208 valence electrons. The number of anilines is 1. The molecule has 1 saturated heterocycles. The molecule has 3 aromatic carbocycles. The van der Waals surface area contributed by atoms with Crippen molar-refractivity contribution in [2.75, 3.05) is 32.1 Å². The summed E-state index contributed by atoms with van der Waals surface area (Å²) >= 11 is 0. The Morgan fingerprint density at radius 1 is 0.897 bits per heavy atom. The van der Waals surface area contributed by atoms with Crippen LogP contribution in [0.3, 0.4) is 0 Å². The topological polar surface area (TPSA) is 44.7 Å². The molecule has 1 heterocycles. The van der Waals surface area contributed by atoms with Crippen LogP contribution in [-0.4, -0.2) is 42.8 Å². The van der Waals surface area contributed by atoms with Gasteiger partial charge in [-0.3, -0.25) is 0 Å². The summed E-state index contributed by atoms with van der Waals surface area (Å²) in [4.78, 5) is 2.67. The lowest BCUT2D eigenvalue weighted by atomic mass is 9.79. The fourth-order valence-corrected chi connectivity index (χ4v) is 6.49. The van der Waals surface area contributed by atoms with E-state index in [0.29, 0.717) is 17.7 Å². The van der Waals surface area contributed by atoms with Crippen molar-refractivity contribution in [3.8, 4) is 11.5 Å². The highest BCUT2D eigenvalue weighted by atomic mass is 16.5. The summed E-state index contributed by atoms with van der Waals surface area (Å²) in [6, 6.07) is 21.9. The lowest BCUT2D eigenvalue weighted by Crippen LogP contribution is -2.29. The maximum Gasteiger partial charge on any atom is 0.120 e. The molecule has 5 rings (SSSR count). The molecule has 2 aliphatic rings. The third-order valence-electron chi connectivity index (χ3n) is 8.75. The Morgan fingerprint density at radius 2 is 1.64 bits per heavy atom. The normalized spacial score (nSPS) is 19.0. The van der Waals surface area contributed by atoms with E-state index in [9.17, 15) is 5.11 Å². The molecule has 0 bridgehead atoms. The van der Waals surface area contributed by atoms with Gasteiger partial charge < -0.3 is 20.1 Å². The van der Waals surface area contributed by atoms with Gasteiger partial charge in [0.2, 0.25) is 0 Å². The summed E-state index contributed by atoms with van der Waals surface area (Å²) in [6.07, 6.45) is 12.1. The standard InChI is InChI=1S/C35H46N2O2/c1-26(22-28-10-8-27(9-11-28)18-21-37-19-6-4-3-5-7-20-37)36-35-25-33(39-2)16-17-34(35)31-13-12-30-24-32(38)15-14-29(30)23-31/h8-11,14-17,24-26,31,36,38H,3-7,12-13,18-23H2,1-2H3. The lowest BCUT2D eigenvalue weighted by Gasteiger charge is -2.28. The third kappa shape index (κ3) is 7.57. The molecular weight excluding hydrogens is 480 g/mol. The van der Waals surface area contributed by atoms with Crippen LogP contribution in [0.25, 0.3) is 0 Å². The van der Waals surface area contributed by atoms with Crippen molar-refractivity contribution in [1.82, 2.24) is 4.90 Å². The molecule has 39 heavy (non-hydrogen) atoms. The summed E-state index contributed by atoms with van der Waals surface area (Å²) in [6.45, 7) is 6.00. The molecule has 4 heteroatoms. The van der Waals surface area contributed by atoms with E-state index >= 15 is 0 Å². The van der Waals surface area contributed by atoms with Crippen molar-refractivity contribution in [2.45, 2.75) is 83.1 Å². The van der Waals surface area contributed by atoms with Crippen LogP contribution in [0.5, 0.6) is 11.5 Å². The number of benzene rings is 3. The second-order valence-corrected chi connectivity index (χ2v) is 11.8. The number of hydrogen-bond donors (Lipinski definition) is 2. The minimum absolute atomic E-state index is 0.301. The molecule has 0 amide bonds. The number of aryl methyl sites for hydroxylation is 1. The Labute approximate surface area is 235 Å². The van der Waals surface area contributed by atoms with Gasteiger partial charge in [0.1, 0.15) is 11.5 Å². The van der Waals surface area contributed by atoms with Gasteiger partial charge in [0.15, 0.2) is 0 Å². The van der Waals surface area contributed by atoms with Crippen LogP contribution in [0.15, 0.2) is 60.7 Å². The monoisotopic (exact) mass is 526 g/mol. The maximum absolute atomic E-state index is 9.88. The van der Waals surface area contributed by atoms with Crippen molar-refractivity contribution >= 4 is 5.69 Å². The first kappa shape index (κ1) is 27.6. The molecule has 3 aromatic rings. The smallest absolute Gasteiger partial charge is 0.120 e. The average Bonchev–Trinajstić information content (AvgIpc) is 2.93. The van der Waals surface area contributed by atoms with E-state index in [1.54, 1.807) is 7.11 Å². The molecule has 0 aromatic heterocycles. The molecule has 2 N–H and O–H groups in total. The molecular formula is C35H46N2O2. The fourth-order valence-electron chi connectivity index (χ4n) is 6.49. The third-order valence-corrected chi connectivity index (χ3v) is 8.75. The van der Waals surface area contributed by atoms with Crippen molar-refractivity contribution in [3.05, 3.63) is 88.5 Å². The largest absolute Gasteiger partial charge is 0.508 e. The summed E-state index contributed by atoms with van der Waals surface area (Å²) < 4.78 is 5.59. The van der Waals surface area contributed by atoms with Gasteiger partial charge in [-0.2, -0.15) is 0 Å². The highest BCUT2D eigenvalue weighted by Crippen LogP contribution is 2.38. The highest BCUT2D eigenvalue weighted by molar-refractivity contribution is 5.58. The predicted molar refractivity (Wildman–Crippen MR) is 162 cm³/mol. The molecule has 0 radical (unpaired) electrons. The van der Waals surface area contributed by atoms with Gasteiger partial charge in [0.05, 0.1) is 7.11 Å². The van der Waals surface area contributed by atoms with Gasteiger partial charge in [0.25, 0.3) is 0 Å². The highest BCUT2D eigenvalue weighted by Gasteiger charge is 2.23. The van der Waals surface area contributed by atoms with Gasteiger partial charge in [-0.15, -0.1) is 0 Å². The van der Waals surface area contributed by atoms with Crippen LogP contribution in [0.1, 0.15) is 79.2 Å². The zero-order valence-electron chi connectivity index (χ0n) is 23.9. The van der Waals surface area contributed by atoms with Crippen molar-refractivity contribution in [3.63, 3.8) is 0 Å². The van der Waals surface area contributed by atoms with E-state index in [0.717, 1.165) is 37.9 Å². The molecule has 1 aliphatic heterocycles. The van der Waals surface area contributed by atoms with Gasteiger partial charge in [-0.05, 0) is 117 Å². The van der Waals surface area contributed by atoms with Crippen LogP contribution in [0.4, 0.5) is 5.69 Å². The van der Waals surface area contributed by atoms with Gasteiger partial charge in [-0.1, -0.05) is 55.7 Å². The fraction of sp³-hybridized carbons (Fsp3) is 0.486. The lowest BCUT2D eigenvalue weighted by molar-refractivity contribution is 0.250. The van der Waals surface area contributed by atoms with Crippen LogP contribution in [0, 0.1) is 0 Å². The van der Waals surface area contributed by atoms with E-state index < -0.39 is 0 Å². The van der Waals surface area contributed by atoms with Crippen molar-refractivity contribution in [2.24, 2.45) is 0 Å². The van der Waals surface area contributed by atoms with E-state index in [4.69, 9.17) is 4.74 Å². The Kier molecular flexibility index (Phi) is 9.47. The van der Waals surface area contributed by atoms with Gasteiger partial charge >= 0.3 is 0 Å². The van der Waals surface area contributed by atoms with Crippen LogP contribution >= 0.6 is 0 Å². The van der Waals surface area contributed by atoms with E-state index in [2.05, 4.69) is 65.7 Å². The first-order chi connectivity index (χ1) is 19.1. The maximum atomic E-state index is 9.88. The molecule has 2 atom stereocenters. The van der Waals surface area contributed by atoms with Crippen molar-refractivity contribution in [1.29, 1.82) is 0 Å². The second-order valence-electron chi connectivity index (χ2n) is 11.8. The Balaban J connectivity index is 1.20. The number of phenolic OH excluding ortho intramolecular Hbond substituents is 1. The minimum atomic E-state index is 0.301. The number of aromatic hydroxyl groups is 1. The van der Waals surface area contributed by atoms with E-state index in [-0.39, 0.29) is 0 Å². The SMILES string of the molecule is COc1ccc(C2CCc3cc(O)ccc3C2)c(NC(C)Cc2ccc(CCN3CCCCCCC3)cc2)c1. The van der Waals surface area contributed by atoms with Crippen molar-refractivity contribution < 1.29 is 9.84 Å². The number of rotatable bonds is 9.